The van der Waals surface area contributed by atoms with Crippen molar-refractivity contribution in [2.24, 2.45) is 0 Å². The average Bonchev–Trinajstić information content (AvgIpc) is 2.77. The molecule has 1 aliphatic rings. The third kappa shape index (κ3) is 4.23. The first kappa shape index (κ1) is 25.2. The molecule has 1 aliphatic carbocycles. The van der Waals surface area contributed by atoms with Gasteiger partial charge in [-0.15, -0.1) is 0 Å². The molecule has 2 aromatic rings. The van der Waals surface area contributed by atoms with Crippen molar-refractivity contribution < 1.29 is 40.8 Å². The first-order valence-electron chi connectivity index (χ1n) is 9.26. The molecule has 0 heterocycles. The smallest absolute Gasteiger partial charge is 0.309 e. The van der Waals surface area contributed by atoms with Crippen molar-refractivity contribution in [3.63, 3.8) is 0 Å². The van der Waals surface area contributed by atoms with Gasteiger partial charge in [0, 0.05) is 44.6 Å². The zero-order valence-corrected chi connectivity index (χ0v) is 17.6. The van der Waals surface area contributed by atoms with Gasteiger partial charge in [-0.25, -0.2) is 0 Å². The number of hydrogen-bond acceptors (Lipinski definition) is 5. The highest BCUT2D eigenvalue weighted by Gasteiger charge is 2.68. The minimum Gasteiger partial charge on any atom is -0.309 e. The minimum absolute atomic E-state index is 0.0746. The summed E-state index contributed by atoms with van der Waals surface area (Å²) in [6.45, 7) is 0. The first-order chi connectivity index (χ1) is 15.6. The predicted octanol–water partition coefficient (Wildman–Crippen LogP) is 5.26. The van der Waals surface area contributed by atoms with E-state index in [2.05, 4.69) is 0 Å². The summed E-state index contributed by atoms with van der Waals surface area (Å²) in [5.41, 5.74) is -6.74. The number of hydrogen-bond donors (Lipinski definition) is 0. The third-order valence-corrected chi connectivity index (χ3v) is 8.25. The van der Waals surface area contributed by atoms with Crippen molar-refractivity contribution in [3.8, 4) is 0 Å². The standard InChI is InChI=1S/C20H13F6N2O5P/c21-19(22,23)13-9-17(12-18(11-13,28(31)32)20(24,25)26)34(33,15-6-2-1-3-7-15)16-8-4-5-14(10-16)27(29)30/h1-10,12H,11H2/t18-,34+/m0/s1. The maximum atomic E-state index is 14.4. The summed E-state index contributed by atoms with van der Waals surface area (Å²) in [6.07, 6.45) is -13.1. The molecule has 2 aromatic carbocycles. The van der Waals surface area contributed by atoms with Gasteiger partial charge in [-0.1, -0.05) is 42.5 Å². The summed E-state index contributed by atoms with van der Waals surface area (Å²) in [5, 5.41) is 20.9. The van der Waals surface area contributed by atoms with E-state index >= 15 is 0 Å². The van der Waals surface area contributed by atoms with Gasteiger partial charge < -0.3 is 4.57 Å². The van der Waals surface area contributed by atoms with Crippen LogP contribution in [0.5, 0.6) is 0 Å². The van der Waals surface area contributed by atoms with Crippen LogP contribution in [0, 0.1) is 20.2 Å². The summed E-state index contributed by atoms with van der Waals surface area (Å²) in [5.74, 6) is 0. The Morgan fingerprint density at radius 1 is 0.882 bits per heavy atom. The average molecular weight is 506 g/mol. The van der Waals surface area contributed by atoms with Crippen LogP contribution in [-0.4, -0.2) is 27.7 Å². The van der Waals surface area contributed by atoms with Gasteiger partial charge in [0.1, 0.15) is 0 Å². The molecule has 0 saturated carbocycles. The molecule has 2 atom stereocenters. The molecule has 0 fully saturated rings. The molecule has 7 nitrogen and oxygen atoms in total. The molecular weight excluding hydrogens is 493 g/mol. The second-order valence-corrected chi connectivity index (χ2v) is 10.1. The van der Waals surface area contributed by atoms with Crippen LogP contribution in [0.4, 0.5) is 32.0 Å². The second-order valence-electron chi connectivity index (χ2n) is 7.31. The van der Waals surface area contributed by atoms with Gasteiger partial charge in [-0.2, -0.15) is 26.3 Å². The van der Waals surface area contributed by atoms with E-state index in [1.54, 1.807) is 0 Å². The summed E-state index contributed by atoms with van der Waals surface area (Å²) in [6, 6.07) is 10.2. The molecule has 0 aliphatic heterocycles. The van der Waals surface area contributed by atoms with E-state index in [0.29, 0.717) is 0 Å². The summed E-state index contributed by atoms with van der Waals surface area (Å²) >= 11 is 0. The Labute approximate surface area is 187 Å². The monoisotopic (exact) mass is 506 g/mol. The van der Waals surface area contributed by atoms with Crippen LogP contribution >= 0.6 is 7.14 Å². The number of non-ortho nitro benzene ring substituents is 1. The lowest BCUT2D eigenvalue weighted by molar-refractivity contribution is -0.597. The molecule has 0 spiro atoms. The van der Waals surface area contributed by atoms with Gasteiger partial charge in [0.05, 0.1) is 11.3 Å². The van der Waals surface area contributed by atoms with Crippen LogP contribution in [0.2, 0.25) is 0 Å². The van der Waals surface area contributed by atoms with Crippen molar-refractivity contribution in [2.75, 3.05) is 0 Å². The normalized spacial score (nSPS) is 20.6. The van der Waals surface area contributed by atoms with Crippen molar-refractivity contribution in [2.45, 2.75) is 24.3 Å². The molecule has 0 radical (unpaired) electrons. The fourth-order valence-corrected chi connectivity index (χ4v) is 6.34. The number of alkyl halides is 6. The second kappa shape index (κ2) is 8.39. The molecular formula is C20H13F6N2O5P. The van der Waals surface area contributed by atoms with Crippen molar-refractivity contribution >= 4 is 23.4 Å². The van der Waals surface area contributed by atoms with Gasteiger partial charge in [0.2, 0.25) is 0 Å². The number of benzene rings is 2. The lowest BCUT2D eigenvalue weighted by Gasteiger charge is -2.32. The molecule has 14 heteroatoms. The molecule has 0 N–H and O–H groups in total. The molecule has 0 aromatic heterocycles. The van der Waals surface area contributed by atoms with Crippen molar-refractivity contribution in [1.29, 1.82) is 0 Å². The third-order valence-electron chi connectivity index (χ3n) is 5.24. The van der Waals surface area contributed by atoms with Crippen LogP contribution in [0.1, 0.15) is 6.42 Å². The van der Waals surface area contributed by atoms with Crippen molar-refractivity contribution in [3.05, 3.63) is 97.9 Å². The Bertz CT molecular complexity index is 1260. The minimum atomic E-state index is -5.78. The highest BCUT2D eigenvalue weighted by atomic mass is 31.2. The molecule has 34 heavy (non-hydrogen) atoms. The van der Waals surface area contributed by atoms with E-state index in [4.69, 9.17) is 0 Å². The van der Waals surface area contributed by atoms with Gasteiger partial charge in [0.25, 0.3) is 5.69 Å². The van der Waals surface area contributed by atoms with E-state index in [0.717, 1.165) is 36.4 Å². The largest absolute Gasteiger partial charge is 0.465 e. The quantitative estimate of drug-likeness (QED) is 0.238. The molecule has 3 rings (SSSR count). The van der Waals surface area contributed by atoms with Crippen LogP contribution in [0.25, 0.3) is 0 Å². The van der Waals surface area contributed by atoms with Crippen LogP contribution in [0.3, 0.4) is 0 Å². The highest BCUT2D eigenvalue weighted by molar-refractivity contribution is 7.82. The Morgan fingerprint density at radius 3 is 1.97 bits per heavy atom. The van der Waals surface area contributed by atoms with E-state index < -0.39 is 63.2 Å². The van der Waals surface area contributed by atoms with Gasteiger partial charge in [-0.05, 0) is 6.08 Å². The number of rotatable bonds is 5. The topological polar surface area (TPSA) is 103 Å². The van der Waals surface area contributed by atoms with E-state index in [1.807, 2.05) is 0 Å². The zero-order chi connectivity index (χ0) is 25.5. The SMILES string of the molecule is O=[N+]([O-])c1cccc([P@@](=O)(C2=C[C@]([N+](=O)[O-])(C(F)(F)F)CC(C(F)(F)F)=C2)c2ccccc2)c1. The Morgan fingerprint density at radius 2 is 1.47 bits per heavy atom. The maximum Gasteiger partial charge on any atom is 0.465 e. The van der Waals surface area contributed by atoms with E-state index in [-0.39, 0.29) is 17.5 Å². The molecule has 0 saturated heterocycles. The van der Waals surface area contributed by atoms with Gasteiger partial charge >= 0.3 is 17.9 Å². The Hall–Kier alpha value is -3.47. The summed E-state index contributed by atoms with van der Waals surface area (Å²) < 4.78 is 96.8. The van der Waals surface area contributed by atoms with Gasteiger partial charge in [-0.3, -0.25) is 20.2 Å². The van der Waals surface area contributed by atoms with E-state index in [1.165, 1.54) is 18.2 Å². The lowest BCUT2D eigenvalue weighted by atomic mass is 9.86. The zero-order valence-electron chi connectivity index (χ0n) is 16.7. The van der Waals surface area contributed by atoms with Gasteiger partial charge in [0.15, 0.2) is 7.14 Å². The number of nitro benzene ring substituents is 1. The van der Waals surface area contributed by atoms with Crippen LogP contribution in [-0.2, 0) is 4.57 Å². The van der Waals surface area contributed by atoms with E-state index in [9.17, 15) is 51.1 Å². The molecule has 0 amide bonds. The Kier molecular flexibility index (Phi) is 6.21. The number of allylic oxidation sites excluding steroid dienone is 2. The van der Waals surface area contributed by atoms with Crippen molar-refractivity contribution in [1.82, 2.24) is 0 Å². The Balaban J connectivity index is 2.45. The van der Waals surface area contributed by atoms with Crippen LogP contribution in [0.15, 0.2) is 77.6 Å². The molecule has 0 bridgehead atoms. The van der Waals surface area contributed by atoms with Crippen LogP contribution < -0.4 is 10.6 Å². The number of nitro groups is 2. The fourth-order valence-electron chi connectivity index (χ4n) is 3.51. The summed E-state index contributed by atoms with van der Waals surface area (Å²) in [7, 11) is -4.69. The number of nitrogens with zero attached hydrogens (tertiary/aromatic N) is 2. The molecule has 180 valence electrons. The predicted molar refractivity (Wildman–Crippen MR) is 109 cm³/mol. The number of halogens is 6. The molecule has 0 unspecified atom stereocenters. The lowest BCUT2D eigenvalue weighted by Crippen LogP contribution is -2.52. The summed E-state index contributed by atoms with van der Waals surface area (Å²) in [4.78, 5) is 20.0. The first-order valence-corrected chi connectivity index (χ1v) is 11.0. The highest BCUT2D eigenvalue weighted by Crippen LogP contribution is 2.58. The fraction of sp³-hybridized carbons (Fsp3) is 0.200. The maximum absolute atomic E-state index is 14.4.